The average Bonchev–Trinajstić information content (AvgIpc) is 3.42. The Hall–Kier alpha value is -2.77. The van der Waals surface area contributed by atoms with Gasteiger partial charge >= 0.3 is 0 Å². The van der Waals surface area contributed by atoms with Crippen molar-refractivity contribution in [3.05, 3.63) is 80.8 Å². The number of hydrogen-bond donors (Lipinski definition) is 1. The molecule has 5 rings (SSSR count). The van der Waals surface area contributed by atoms with Crippen molar-refractivity contribution >= 4 is 43.4 Å². The van der Waals surface area contributed by atoms with E-state index in [1.165, 1.54) is 4.88 Å². The van der Waals surface area contributed by atoms with E-state index >= 15 is 0 Å². The highest BCUT2D eigenvalue weighted by atomic mass is 79.9. The first-order valence-electron chi connectivity index (χ1n) is 9.58. The second-order valence-corrected chi connectivity index (χ2v) is 9.42. The fourth-order valence-corrected chi connectivity index (χ4v) is 4.85. The normalized spacial score (nSPS) is 12.5. The first-order valence-corrected chi connectivity index (χ1v) is 11.2. The lowest BCUT2D eigenvalue weighted by molar-refractivity contribution is 0.0942. The number of rotatable bonds is 5. The smallest absolute Gasteiger partial charge is 0.268 e. The molecule has 2 aromatic heterocycles. The van der Waals surface area contributed by atoms with Gasteiger partial charge in [0.15, 0.2) is 11.5 Å². The molecule has 0 unspecified atom stereocenters. The molecule has 0 atom stereocenters. The Balaban J connectivity index is 1.40. The minimum absolute atomic E-state index is 0.0918. The van der Waals surface area contributed by atoms with Crippen LogP contribution in [0.3, 0.4) is 0 Å². The summed E-state index contributed by atoms with van der Waals surface area (Å²) in [7, 11) is 0. The summed E-state index contributed by atoms with van der Waals surface area (Å²) in [6.07, 6.45) is 0. The largest absolute Gasteiger partial charge is 0.454 e. The van der Waals surface area contributed by atoms with Gasteiger partial charge in [0.05, 0.1) is 10.2 Å². The predicted octanol–water partition coefficient (Wildman–Crippen LogP) is 5.48. The summed E-state index contributed by atoms with van der Waals surface area (Å²) >= 11 is 5.19. The molecule has 30 heavy (non-hydrogen) atoms. The molecule has 0 fully saturated rings. The van der Waals surface area contributed by atoms with Gasteiger partial charge in [-0.25, -0.2) is 0 Å². The Kier molecular flexibility index (Phi) is 5.00. The molecule has 0 bridgehead atoms. The van der Waals surface area contributed by atoms with Crippen LogP contribution in [0.4, 0.5) is 0 Å². The van der Waals surface area contributed by atoms with Gasteiger partial charge in [-0.3, -0.25) is 4.79 Å². The molecule has 7 heteroatoms. The number of aromatic nitrogens is 1. The maximum Gasteiger partial charge on any atom is 0.268 e. The third kappa shape index (κ3) is 3.70. The van der Waals surface area contributed by atoms with Crippen LogP contribution >= 0.6 is 27.3 Å². The molecular weight excluding hydrogens is 464 g/mol. The minimum atomic E-state index is -0.0918. The summed E-state index contributed by atoms with van der Waals surface area (Å²) in [5.74, 6) is 1.37. The summed E-state index contributed by atoms with van der Waals surface area (Å²) in [6.45, 7) is 3.39. The van der Waals surface area contributed by atoms with Crippen LogP contribution in [-0.4, -0.2) is 17.3 Å². The quantitative estimate of drug-likeness (QED) is 0.409. The van der Waals surface area contributed by atoms with Crippen molar-refractivity contribution in [3.8, 4) is 11.5 Å². The van der Waals surface area contributed by atoms with Gasteiger partial charge in [0.25, 0.3) is 5.91 Å². The molecule has 1 aliphatic heterocycles. The van der Waals surface area contributed by atoms with Crippen LogP contribution in [-0.2, 0) is 13.1 Å². The molecule has 1 N–H and O–H groups in total. The standard InChI is InChI=1S/C23H19BrN2O3S/c1-14-8-18-22(30-14)10-19(26(18)12-15-2-5-17(24)6-3-15)23(27)25-11-16-4-7-20-21(9-16)29-13-28-20/h2-10H,11-13H2,1H3,(H,25,27). The number of amides is 1. The van der Waals surface area contributed by atoms with Gasteiger partial charge in [-0.05, 0) is 54.4 Å². The fourth-order valence-electron chi connectivity index (χ4n) is 3.62. The number of nitrogens with one attached hydrogen (secondary N) is 1. The van der Waals surface area contributed by atoms with E-state index in [9.17, 15) is 4.79 Å². The molecule has 2 aromatic carbocycles. The summed E-state index contributed by atoms with van der Waals surface area (Å²) in [5.41, 5.74) is 3.87. The molecule has 1 aliphatic rings. The Bertz CT molecular complexity index is 1240. The van der Waals surface area contributed by atoms with Crippen LogP contribution < -0.4 is 14.8 Å². The number of carbonyl (C=O) groups is 1. The predicted molar refractivity (Wildman–Crippen MR) is 122 cm³/mol. The molecule has 1 amide bonds. The lowest BCUT2D eigenvalue weighted by Crippen LogP contribution is -2.25. The van der Waals surface area contributed by atoms with E-state index in [0.29, 0.717) is 18.8 Å². The van der Waals surface area contributed by atoms with E-state index in [-0.39, 0.29) is 12.7 Å². The SMILES string of the molecule is Cc1cc2c(cc(C(=O)NCc3ccc4c(c3)OCO4)n2Cc2ccc(Br)cc2)s1. The van der Waals surface area contributed by atoms with Crippen molar-refractivity contribution in [2.24, 2.45) is 0 Å². The van der Waals surface area contributed by atoms with Crippen molar-refractivity contribution in [2.75, 3.05) is 6.79 Å². The topological polar surface area (TPSA) is 52.5 Å². The van der Waals surface area contributed by atoms with Gasteiger partial charge in [0.2, 0.25) is 6.79 Å². The second kappa shape index (κ2) is 7.81. The first kappa shape index (κ1) is 19.2. The zero-order chi connectivity index (χ0) is 20.7. The van der Waals surface area contributed by atoms with Crippen molar-refractivity contribution in [1.29, 1.82) is 0 Å². The molecule has 0 saturated heterocycles. The molecule has 152 valence electrons. The van der Waals surface area contributed by atoms with Gasteiger partial charge in [0, 0.05) is 22.4 Å². The number of thiophene rings is 1. The Morgan fingerprint density at radius 2 is 1.83 bits per heavy atom. The minimum Gasteiger partial charge on any atom is -0.454 e. The third-order valence-electron chi connectivity index (χ3n) is 5.09. The molecule has 0 saturated carbocycles. The van der Waals surface area contributed by atoms with Crippen LogP contribution in [0.2, 0.25) is 0 Å². The number of aryl methyl sites for hydroxylation is 1. The zero-order valence-electron chi connectivity index (χ0n) is 16.3. The monoisotopic (exact) mass is 482 g/mol. The van der Waals surface area contributed by atoms with Gasteiger partial charge in [-0.15, -0.1) is 11.3 Å². The zero-order valence-corrected chi connectivity index (χ0v) is 18.7. The number of halogens is 1. The molecule has 0 radical (unpaired) electrons. The van der Waals surface area contributed by atoms with Gasteiger partial charge in [-0.1, -0.05) is 34.1 Å². The van der Waals surface area contributed by atoms with Crippen molar-refractivity contribution in [1.82, 2.24) is 9.88 Å². The van der Waals surface area contributed by atoms with Crippen molar-refractivity contribution in [3.63, 3.8) is 0 Å². The molecule has 0 aliphatic carbocycles. The van der Waals surface area contributed by atoms with Crippen LogP contribution in [0.25, 0.3) is 10.2 Å². The summed E-state index contributed by atoms with van der Waals surface area (Å²) < 4.78 is 15.0. The highest BCUT2D eigenvalue weighted by Crippen LogP contribution is 2.33. The Morgan fingerprint density at radius 1 is 1.07 bits per heavy atom. The van der Waals surface area contributed by atoms with Gasteiger partial charge in [0.1, 0.15) is 5.69 Å². The summed E-state index contributed by atoms with van der Waals surface area (Å²) in [5, 5.41) is 3.05. The van der Waals surface area contributed by atoms with Crippen molar-refractivity contribution < 1.29 is 14.3 Å². The Morgan fingerprint density at radius 3 is 2.67 bits per heavy atom. The fraction of sp³-hybridized carbons (Fsp3) is 0.174. The number of benzene rings is 2. The van der Waals surface area contributed by atoms with E-state index in [2.05, 4.69) is 50.9 Å². The second-order valence-electron chi connectivity index (χ2n) is 7.22. The summed E-state index contributed by atoms with van der Waals surface area (Å²) in [6, 6.07) is 18.0. The lowest BCUT2D eigenvalue weighted by Gasteiger charge is -2.12. The van der Waals surface area contributed by atoms with E-state index < -0.39 is 0 Å². The summed E-state index contributed by atoms with van der Waals surface area (Å²) in [4.78, 5) is 14.3. The van der Waals surface area contributed by atoms with E-state index in [4.69, 9.17) is 9.47 Å². The molecule has 5 nitrogen and oxygen atoms in total. The number of carbonyl (C=O) groups excluding carboxylic acids is 1. The van der Waals surface area contributed by atoms with Gasteiger partial charge < -0.3 is 19.4 Å². The van der Waals surface area contributed by atoms with Gasteiger partial charge in [-0.2, -0.15) is 0 Å². The van der Waals surface area contributed by atoms with E-state index in [1.54, 1.807) is 11.3 Å². The highest BCUT2D eigenvalue weighted by Gasteiger charge is 2.18. The third-order valence-corrected chi connectivity index (χ3v) is 6.60. The van der Waals surface area contributed by atoms with E-state index in [1.807, 2.05) is 36.4 Å². The molecule has 0 spiro atoms. The molecule has 4 aromatic rings. The van der Waals surface area contributed by atoms with Crippen LogP contribution in [0.15, 0.2) is 59.1 Å². The van der Waals surface area contributed by atoms with E-state index in [0.717, 1.165) is 37.3 Å². The Labute approximate surface area is 186 Å². The first-order chi connectivity index (χ1) is 14.6. The maximum absolute atomic E-state index is 13.1. The van der Waals surface area contributed by atoms with Crippen molar-refractivity contribution in [2.45, 2.75) is 20.0 Å². The molecular formula is C23H19BrN2O3S. The lowest BCUT2D eigenvalue weighted by atomic mass is 10.2. The number of hydrogen-bond acceptors (Lipinski definition) is 4. The number of ether oxygens (including phenoxy) is 2. The average molecular weight is 483 g/mol. The molecule has 3 heterocycles. The number of nitrogens with zero attached hydrogens (tertiary/aromatic N) is 1. The highest BCUT2D eigenvalue weighted by molar-refractivity contribution is 9.10. The van der Waals surface area contributed by atoms with Crippen LogP contribution in [0, 0.1) is 6.92 Å². The van der Waals surface area contributed by atoms with Crippen LogP contribution in [0.5, 0.6) is 11.5 Å². The number of fused-ring (bicyclic) bond motifs is 2. The maximum atomic E-state index is 13.1. The van der Waals surface area contributed by atoms with Crippen LogP contribution in [0.1, 0.15) is 26.5 Å².